The van der Waals surface area contributed by atoms with Crippen LogP contribution in [0.15, 0.2) is 82.2 Å². The zero-order valence-electron chi connectivity index (χ0n) is 24.7. The highest BCUT2D eigenvalue weighted by Crippen LogP contribution is 2.27. The van der Waals surface area contributed by atoms with Gasteiger partial charge in [0.1, 0.15) is 18.3 Å². The van der Waals surface area contributed by atoms with Gasteiger partial charge in [-0.05, 0) is 80.8 Å². The fourth-order valence-corrected chi connectivity index (χ4v) is 6.25. The van der Waals surface area contributed by atoms with Gasteiger partial charge in [0.05, 0.1) is 17.2 Å². The van der Waals surface area contributed by atoms with Crippen molar-refractivity contribution in [3.63, 3.8) is 0 Å². The van der Waals surface area contributed by atoms with Crippen molar-refractivity contribution in [3.8, 4) is 5.75 Å². The molecule has 1 atom stereocenters. The van der Waals surface area contributed by atoms with Gasteiger partial charge in [0, 0.05) is 17.6 Å². The van der Waals surface area contributed by atoms with Crippen LogP contribution in [0.1, 0.15) is 51.2 Å². The van der Waals surface area contributed by atoms with Crippen LogP contribution in [0.2, 0.25) is 0 Å². The SMILES string of the molecule is CCCCNC(=O)C(CC)N(Cc1cccc(C)c1)C(=O)CN(c1ccc(OCC)cc1)S(=O)(=O)c1ccc(Br)cc1. The number of benzene rings is 3. The van der Waals surface area contributed by atoms with E-state index < -0.39 is 28.5 Å². The molecule has 226 valence electrons. The van der Waals surface area contributed by atoms with E-state index in [0.29, 0.717) is 31.0 Å². The van der Waals surface area contributed by atoms with Gasteiger partial charge in [0.15, 0.2) is 0 Å². The van der Waals surface area contributed by atoms with Crippen LogP contribution in [0.4, 0.5) is 5.69 Å². The number of carbonyl (C=O) groups is 2. The maximum Gasteiger partial charge on any atom is 0.264 e. The summed E-state index contributed by atoms with van der Waals surface area (Å²) in [7, 11) is -4.15. The zero-order valence-corrected chi connectivity index (χ0v) is 27.1. The van der Waals surface area contributed by atoms with Gasteiger partial charge in [0.2, 0.25) is 11.8 Å². The van der Waals surface area contributed by atoms with Crippen molar-refractivity contribution in [2.75, 3.05) is 24.0 Å². The Kier molecular flexibility index (Phi) is 12.4. The van der Waals surface area contributed by atoms with Crippen LogP contribution in [0, 0.1) is 6.92 Å². The number of sulfonamides is 1. The Hall–Kier alpha value is -3.37. The van der Waals surface area contributed by atoms with Crippen LogP contribution >= 0.6 is 15.9 Å². The predicted molar refractivity (Wildman–Crippen MR) is 170 cm³/mol. The van der Waals surface area contributed by atoms with E-state index in [4.69, 9.17) is 4.74 Å². The second-order valence-electron chi connectivity index (χ2n) is 9.97. The molecule has 3 aromatic rings. The van der Waals surface area contributed by atoms with Crippen LogP contribution in [0.5, 0.6) is 5.75 Å². The lowest BCUT2D eigenvalue weighted by Crippen LogP contribution is -2.52. The first-order valence-electron chi connectivity index (χ1n) is 14.2. The average Bonchev–Trinajstić information content (AvgIpc) is 2.96. The molecule has 0 saturated carbocycles. The molecule has 2 amide bonds. The van der Waals surface area contributed by atoms with E-state index in [1.54, 1.807) is 36.4 Å². The molecule has 0 heterocycles. The summed E-state index contributed by atoms with van der Waals surface area (Å²) < 4.78 is 35.4. The largest absolute Gasteiger partial charge is 0.494 e. The Bertz CT molecular complexity index is 1430. The minimum Gasteiger partial charge on any atom is -0.494 e. The Morgan fingerprint density at radius 3 is 2.26 bits per heavy atom. The van der Waals surface area contributed by atoms with Gasteiger partial charge < -0.3 is 15.0 Å². The second-order valence-corrected chi connectivity index (χ2v) is 12.7. The number of nitrogens with one attached hydrogen (secondary N) is 1. The lowest BCUT2D eigenvalue weighted by atomic mass is 10.1. The zero-order chi connectivity index (χ0) is 30.7. The summed E-state index contributed by atoms with van der Waals surface area (Å²) in [5, 5.41) is 2.95. The molecule has 10 heteroatoms. The van der Waals surface area contributed by atoms with Crippen LogP contribution in [-0.4, -0.2) is 50.9 Å². The number of nitrogens with zero attached hydrogens (tertiary/aromatic N) is 2. The Labute approximate surface area is 258 Å². The molecule has 3 aromatic carbocycles. The van der Waals surface area contributed by atoms with Crippen molar-refractivity contribution in [3.05, 3.63) is 88.4 Å². The van der Waals surface area contributed by atoms with E-state index in [1.165, 1.54) is 17.0 Å². The summed E-state index contributed by atoms with van der Waals surface area (Å²) in [6, 6.07) is 19.8. The van der Waals surface area contributed by atoms with Crippen LogP contribution < -0.4 is 14.4 Å². The molecule has 0 aliphatic heterocycles. The Morgan fingerprint density at radius 2 is 1.67 bits per heavy atom. The number of amides is 2. The first kappa shape index (κ1) is 33.1. The topological polar surface area (TPSA) is 96.0 Å². The van der Waals surface area contributed by atoms with Crippen molar-refractivity contribution in [1.29, 1.82) is 0 Å². The predicted octanol–water partition coefficient (Wildman–Crippen LogP) is 6.08. The normalized spacial score (nSPS) is 11.9. The van der Waals surface area contributed by atoms with Gasteiger partial charge in [-0.2, -0.15) is 0 Å². The average molecular weight is 659 g/mol. The molecule has 42 heavy (non-hydrogen) atoms. The number of carbonyl (C=O) groups excluding carboxylic acids is 2. The second kappa shape index (κ2) is 15.7. The maximum absolute atomic E-state index is 14.2. The molecular formula is C32H40BrN3O5S. The standard InChI is InChI=1S/C32H40BrN3O5S/c1-5-8-20-34-32(38)30(6-2)35(22-25-11-9-10-24(4)21-25)31(37)23-36(27-14-16-28(17-15-27)41-7-3)42(39,40)29-18-12-26(33)13-19-29/h9-19,21,30H,5-8,20,22-23H2,1-4H3,(H,34,38). The molecule has 0 fully saturated rings. The van der Waals surface area contributed by atoms with Crippen molar-refractivity contribution < 1.29 is 22.7 Å². The highest BCUT2D eigenvalue weighted by Gasteiger charge is 2.33. The molecule has 8 nitrogen and oxygen atoms in total. The molecule has 0 spiro atoms. The van der Waals surface area contributed by atoms with Crippen molar-refractivity contribution in [1.82, 2.24) is 10.2 Å². The summed E-state index contributed by atoms with van der Waals surface area (Å²) in [4.78, 5) is 29.0. The van der Waals surface area contributed by atoms with E-state index in [9.17, 15) is 18.0 Å². The summed E-state index contributed by atoms with van der Waals surface area (Å²) >= 11 is 3.35. The van der Waals surface area contributed by atoms with Gasteiger partial charge in [-0.3, -0.25) is 13.9 Å². The van der Waals surface area contributed by atoms with E-state index >= 15 is 0 Å². The van der Waals surface area contributed by atoms with Gasteiger partial charge >= 0.3 is 0 Å². The smallest absolute Gasteiger partial charge is 0.264 e. The van der Waals surface area contributed by atoms with Crippen LogP contribution in [-0.2, 0) is 26.2 Å². The first-order valence-corrected chi connectivity index (χ1v) is 16.5. The summed E-state index contributed by atoms with van der Waals surface area (Å²) in [6.45, 7) is 8.36. The monoisotopic (exact) mass is 657 g/mol. The van der Waals surface area contributed by atoms with Crippen molar-refractivity contribution >= 4 is 43.5 Å². The van der Waals surface area contributed by atoms with Gasteiger partial charge in [-0.15, -0.1) is 0 Å². The molecule has 0 saturated heterocycles. The number of aryl methyl sites for hydroxylation is 1. The number of halogens is 1. The quantitative estimate of drug-likeness (QED) is 0.200. The Morgan fingerprint density at radius 1 is 0.976 bits per heavy atom. The molecule has 0 aromatic heterocycles. The number of rotatable bonds is 15. The number of anilines is 1. The number of unbranched alkanes of at least 4 members (excludes halogenated alkanes) is 1. The van der Waals surface area contributed by atoms with Crippen LogP contribution in [0.25, 0.3) is 0 Å². The lowest BCUT2D eigenvalue weighted by molar-refractivity contribution is -0.140. The number of hydrogen-bond acceptors (Lipinski definition) is 5. The molecule has 0 radical (unpaired) electrons. The third-order valence-corrected chi connectivity index (χ3v) is 9.08. The molecular weight excluding hydrogens is 618 g/mol. The van der Waals surface area contributed by atoms with E-state index in [0.717, 1.165) is 32.7 Å². The molecule has 0 aliphatic rings. The third kappa shape index (κ3) is 8.82. The van der Waals surface area contributed by atoms with E-state index in [1.807, 2.05) is 52.0 Å². The fraction of sp³-hybridized carbons (Fsp3) is 0.375. The molecule has 3 rings (SSSR count). The van der Waals surface area contributed by atoms with Crippen molar-refractivity contribution in [2.24, 2.45) is 0 Å². The van der Waals surface area contributed by atoms with Gasteiger partial charge in [-0.25, -0.2) is 8.42 Å². The van der Waals surface area contributed by atoms with Gasteiger partial charge in [0.25, 0.3) is 10.0 Å². The minimum absolute atomic E-state index is 0.0435. The van der Waals surface area contributed by atoms with E-state index in [2.05, 4.69) is 21.2 Å². The third-order valence-electron chi connectivity index (χ3n) is 6.77. The summed E-state index contributed by atoms with van der Waals surface area (Å²) in [5.74, 6) is -0.150. The van der Waals surface area contributed by atoms with Gasteiger partial charge in [-0.1, -0.05) is 66.0 Å². The molecule has 1 unspecified atom stereocenters. The molecule has 0 aliphatic carbocycles. The fourth-order valence-electron chi connectivity index (χ4n) is 4.57. The molecule has 1 N–H and O–H groups in total. The van der Waals surface area contributed by atoms with E-state index in [-0.39, 0.29) is 17.3 Å². The number of hydrogen-bond donors (Lipinski definition) is 1. The highest BCUT2D eigenvalue weighted by molar-refractivity contribution is 9.10. The Balaban J connectivity index is 2.04. The number of ether oxygens (including phenoxy) is 1. The summed E-state index contributed by atoms with van der Waals surface area (Å²) in [5.41, 5.74) is 2.19. The summed E-state index contributed by atoms with van der Waals surface area (Å²) in [6.07, 6.45) is 2.12. The lowest BCUT2D eigenvalue weighted by Gasteiger charge is -2.33. The molecule has 0 bridgehead atoms. The maximum atomic E-state index is 14.2. The van der Waals surface area contributed by atoms with Crippen molar-refractivity contribution in [2.45, 2.75) is 64.4 Å². The highest BCUT2D eigenvalue weighted by atomic mass is 79.9. The first-order chi connectivity index (χ1) is 20.1. The van der Waals surface area contributed by atoms with Crippen LogP contribution in [0.3, 0.4) is 0 Å². The minimum atomic E-state index is -4.15.